The fourth-order valence-corrected chi connectivity index (χ4v) is 5.57. The second kappa shape index (κ2) is 9.54. The number of hydrogen-bond donors (Lipinski definition) is 0. The molecule has 164 valence electrons. The number of hydrogen-bond acceptors (Lipinski definition) is 6. The summed E-state index contributed by atoms with van der Waals surface area (Å²) in [4.78, 5) is 23.4. The molecule has 0 unspecified atom stereocenters. The van der Waals surface area contributed by atoms with Crippen molar-refractivity contribution in [1.82, 2.24) is 9.97 Å². The largest absolute Gasteiger partial charge is 0.284 e. The van der Waals surface area contributed by atoms with Gasteiger partial charge in [-0.05, 0) is 54.4 Å². The van der Waals surface area contributed by atoms with Crippen molar-refractivity contribution in [2.24, 2.45) is 0 Å². The topological polar surface area (TPSA) is 80.2 Å². The molecule has 0 aliphatic heterocycles. The number of pyridine rings is 1. The van der Waals surface area contributed by atoms with E-state index in [2.05, 4.69) is 9.97 Å². The van der Waals surface area contributed by atoms with Gasteiger partial charge < -0.3 is 0 Å². The summed E-state index contributed by atoms with van der Waals surface area (Å²) in [6.07, 6.45) is 3.50. The van der Waals surface area contributed by atoms with E-state index >= 15 is 0 Å². The van der Waals surface area contributed by atoms with Crippen molar-refractivity contribution in [2.45, 2.75) is 24.3 Å². The molecule has 0 aliphatic carbocycles. The number of fused-ring (bicyclic) bond motifs is 1. The zero-order valence-corrected chi connectivity index (χ0v) is 18.7. The number of sulfone groups is 1. The quantitative estimate of drug-likeness (QED) is 0.376. The monoisotopic (exact) mass is 469 g/mol. The summed E-state index contributed by atoms with van der Waals surface area (Å²) in [6, 6.07) is 16.1. The van der Waals surface area contributed by atoms with E-state index in [4.69, 9.17) is 0 Å². The molecule has 0 aliphatic rings. The average molecular weight is 470 g/mol. The summed E-state index contributed by atoms with van der Waals surface area (Å²) in [7, 11) is -3.46. The second-order valence-corrected chi connectivity index (χ2v) is 10.3. The Morgan fingerprint density at radius 2 is 1.78 bits per heavy atom. The minimum atomic E-state index is -3.46. The number of nitrogens with zero attached hydrogens (tertiary/aromatic N) is 3. The number of amides is 1. The number of thiazole rings is 1. The molecular formula is C23H20FN3O3S2. The van der Waals surface area contributed by atoms with Crippen LogP contribution in [0.5, 0.6) is 0 Å². The van der Waals surface area contributed by atoms with Crippen LogP contribution in [0.2, 0.25) is 0 Å². The molecule has 0 bridgehead atoms. The van der Waals surface area contributed by atoms with Crippen molar-refractivity contribution in [3.63, 3.8) is 0 Å². The number of benzene rings is 2. The zero-order chi connectivity index (χ0) is 22.6. The first-order valence-corrected chi connectivity index (χ1v) is 12.4. The lowest BCUT2D eigenvalue weighted by atomic mass is 10.2. The highest BCUT2D eigenvalue weighted by Gasteiger charge is 2.22. The van der Waals surface area contributed by atoms with Gasteiger partial charge in [-0.1, -0.05) is 29.5 Å². The molecule has 0 radical (unpaired) electrons. The minimum absolute atomic E-state index is 0.0431. The maximum Gasteiger partial charge on any atom is 0.229 e. The first-order valence-electron chi connectivity index (χ1n) is 9.95. The molecule has 2 aromatic heterocycles. The molecule has 1 amide bonds. The van der Waals surface area contributed by atoms with Crippen molar-refractivity contribution in [1.29, 1.82) is 0 Å². The van der Waals surface area contributed by atoms with Crippen molar-refractivity contribution in [2.75, 3.05) is 10.7 Å². The first kappa shape index (κ1) is 22.0. The number of aromatic nitrogens is 2. The van der Waals surface area contributed by atoms with E-state index in [0.717, 1.165) is 5.56 Å². The number of halogens is 1. The predicted octanol–water partition coefficient (Wildman–Crippen LogP) is 4.62. The Morgan fingerprint density at radius 3 is 2.53 bits per heavy atom. The highest BCUT2D eigenvalue weighted by molar-refractivity contribution is 7.91. The fraction of sp³-hybridized carbons (Fsp3) is 0.174. The Labute approximate surface area is 189 Å². The summed E-state index contributed by atoms with van der Waals surface area (Å²) in [5.74, 6) is -0.743. The number of anilines is 1. The summed E-state index contributed by atoms with van der Waals surface area (Å²) >= 11 is 1.22. The molecule has 0 atom stereocenters. The van der Waals surface area contributed by atoms with Gasteiger partial charge in [-0.3, -0.25) is 14.7 Å². The van der Waals surface area contributed by atoms with E-state index < -0.39 is 9.84 Å². The smallest absolute Gasteiger partial charge is 0.229 e. The van der Waals surface area contributed by atoms with Crippen LogP contribution in [0.25, 0.3) is 10.2 Å². The van der Waals surface area contributed by atoms with Crippen LogP contribution in [-0.2, 0) is 21.2 Å². The fourth-order valence-electron chi connectivity index (χ4n) is 3.23. The zero-order valence-electron chi connectivity index (χ0n) is 17.0. The van der Waals surface area contributed by atoms with Crippen LogP contribution in [0.1, 0.15) is 18.4 Å². The van der Waals surface area contributed by atoms with E-state index in [9.17, 15) is 17.6 Å². The van der Waals surface area contributed by atoms with Crippen LogP contribution in [0, 0.1) is 5.82 Å². The molecule has 0 saturated heterocycles. The Kier molecular flexibility index (Phi) is 6.57. The predicted molar refractivity (Wildman–Crippen MR) is 123 cm³/mol. The van der Waals surface area contributed by atoms with Crippen LogP contribution in [0.3, 0.4) is 0 Å². The van der Waals surface area contributed by atoms with Gasteiger partial charge in [0, 0.05) is 18.8 Å². The number of carbonyl (C=O) groups is 1. The van der Waals surface area contributed by atoms with Crippen molar-refractivity contribution in [3.05, 3.63) is 84.4 Å². The molecule has 32 heavy (non-hydrogen) atoms. The van der Waals surface area contributed by atoms with Gasteiger partial charge in [0.2, 0.25) is 5.91 Å². The summed E-state index contributed by atoms with van der Waals surface area (Å²) in [5, 5.41) is 0.443. The van der Waals surface area contributed by atoms with Crippen LogP contribution in [0.15, 0.2) is 78.0 Å². The van der Waals surface area contributed by atoms with Gasteiger partial charge >= 0.3 is 0 Å². The van der Waals surface area contributed by atoms with Gasteiger partial charge in [0.25, 0.3) is 0 Å². The van der Waals surface area contributed by atoms with Crippen LogP contribution >= 0.6 is 11.3 Å². The van der Waals surface area contributed by atoms with E-state index in [1.807, 2.05) is 0 Å². The van der Waals surface area contributed by atoms with E-state index in [0.29, 0.717) is 15.3 Å². The highest BCUT2D eigenvalue weighted by atomic mass is 32.2. The lowest BCUT2D eigenvalue weighted by Crippen LogP contribution is -2.30. The molecule has 2 heterocycles. The van der Waals surface area contributed by atoms with Gasteiger partial charge in [-0.25, -0.2) is 17.8 Å². The third kappa shape index (κ3) is 5.17. The lowest BCUT2D eigenvalue weighted by Gasteiger charge is -2.20. The molecule has 4 aromatic rings. The molecule has 2 aromatic carbocycles. The van der Waals surface area contributed by atoms with E-state index in [1.54, 1.807) is 60.9 Å². The third-order valence-corrected chi connectivity index (χ3v) is 7.72. The van der Waals surface area contributed by atoms with Crippen molar-refractivity contribution < 1.29 is 17.6 Å². The summed E-state index contributed by atoms with van der Waals surface area (Å²) in [6.45, 7) is 0.259. The van der Waals surface area contributed by atoms with Crippen LogP contribution in [-0.4, -0.2) is 30.0 Å². The molecule has 0 spiro atoms. The van der Waals surface area contributed by atoms with Crippen LogP contribution in [0.4, 0.5) is 9.52 Å². The average Bonchev–Trinajstić information content (AvgIpc) is 3.21. The number of carbonyl (C=O) groups excluding carboxylic acids is 1. The Balaban J connectivity index is 1.53. The number of rotatable bonds is 8. The molecule has 6 nitrogen and oxygen atoms in total. The summed E-state index contributed by atoms with van der Waals surface area (Å²) < 4.78 is 39.3. The maximum absolute atomic E-state index is 13.6. The maximum atomic E-state index is 13.6. The highest BCUT2D eigenvalue weighted by Crippen LogP contribution is 2.31. The van der Waals surface area contributed by atoms with Crippen molar-refractivity contribution in [3.8, 4) is 0 Å². The van der Waals surface area contributed by atoms with Crippen LogP contribution < -0.4 is 4.90 Å². The molecule has 0 saturated carbocycles. The van der Waals surface area contributed by atoms with E-state index in [-0.39, 0.29) is 41.8 Å². The SMILES string of the molecule is O=C(CCCS(=O)(=O)c1ccccc1)N(Cc1ccncc1)c1nc2ccc(F)cc2s1. The molecule has 0 fully saturated rings. The van der Waals surface area contributed by atoms with Gasteiger partial charge in [0.05, 0.1) is 27.4 Å². The van der Waals surface area contributed by atoms with Gasteiger partial charge in [0.1, 0.15) is 5.82 Å². The molecule has 0 N–H and O–H groups in total. The standard InChI is InChI=1S/C23H20FN3O3S2/c24-18-8-9-20-21(15-18)31-23(26-20)27(16-17-10-12-25-13-11-17)22(28)7-4-14-32(29,30)19-5-2-1-3-6-19/h1-3,5-6,8-13,15H,4,7,14,16H2. The third-order valence-electron chi connectivity index (χ3n) is 4.87. The minimum Gasteiger partial charge on any atom is -0.284 e. The second-order valence-electron chi connectivity index (χ2n) is 7.18. The van der Waals surface area contributed by atoms with Gasteiger partial charge in [0.15, 0.2) is 15.0 Å². The van der Waals surface area contributed by atoms with Gasteiger partial charge in [-0.2, -0.15) is 0 Å². The first-order chi connectivity index (χ1) is 15.4. The van der Waals surface area contributed by atoms with Crippen molar-refractivity contribution >= 4 is 42.4 Å². The Bertz CT molecular complexity index is 1330. The molecular weight excluding hydrogens is 449 g/mol. The molecule has 9 heteroatoms. The Morgan fingerprint density at radius 1 is 1.03 bits per heavy atom. The van der Waals surface area contributed by atoms with Gasteiger partial charge in [-0.15, -0.1) is 0 Å². The van der Waals surface area contributed by atoms with E-state index in [1.165, 1.54) is 28.4 Å². The summed E-state index contributed by atoms with van der Waals surface area (Å²) in [5.41, 5.74) is 1.46. The lowest BCUT2D eigenvalue weighted by molar-refractivity contribution is -0.118. The Hall–Kier alpha value is -3.17. The molecule has 4 rings (SSSR count). The normalized spacial score (nSPS) is 11.5.